The molecule has 0 N–H and O–H groups in total. The molecular weight excluding hydrogens is 250 g/mol. The molecule has 0 radical (unpaired) electrons. The van der Waals surface area contributed by atoms with Crippen molar-refractivity contribution >= 4 is 24.0 Å². The fraction of sp³-hybridized carbons (Fsp3) is 0.308. The molecule has 90 valence electrons. The van der Waals surface area contributed by atoms with E-state index in [0.29, 0.717) is 0 Å². The molecule has 0 fully saturated rings. The summed E-state index contributed by atoms with van der Waals surface area (Å²) in [5, 5.41) is 3.75. The molecule has 2 aromatic rings. The van der Waals surface area contributed by atoms with E-state index in [4.69, 9.17) is 4.74 Å². The lowest BCUT2D eigenvalue weighted by atomic mass is 9.98. The van der Waals surface area contributed by atoms with Crippen LogP contribution >= 0.6 is 24.0 Å². The Morgan fingerprint density at radius 3 is 2.47 bits per heavy atom. The molecule has 1 heterocycles. The molecule has 0 atom stereocenters. The Labute approximate surface area is 111 Å². The average Bonchev–Trinajstić information content (AvgIpc) is 2.70. The standard InChI is InChI=1S/C13H15NOS2/c1-7-5-10(15-4)8(2)9(3)12(7)13-14-11(16)6-17-13/h5-6,16H,1-4H3. The lowest BCUT2D eigenvalue weighted by molar-refractivity contribution is 0.411. The van der Waals surface area contributed by atoms with Crippen LogP contribution in [0.15, 0.2) is 16.5 Å². The van der Waals surface area contributed by atoms with Gasteiger partial charge in [0, 0.05) is 10.9 Å². The van der Waals surface area contributed by atoms with Crippen LogP contribution in [0.5, 0.6) is 5.75 Å². The lowest BCUT2D eigenvalue weighted by Gasteiger charge is -2.14. The van der Waals surface area contributed by atoms with Gasteiger partial charge in [0.25, 0.3) is 0 Å². The number of hydrogen-bond acceptors (Lipinski definition) is 4. The van der Waals surface area contributed by atoms with Gasteiger partial charge in [0.15, 0.2) is 0 Å². The molecule has 1 aromatic heterocycles. The lowest BCUT2D eigenvalue weighted by Crippen LogP contribution is -1.96. The number of thiol groups is 1. The number of aromatic nitrogens is 1. The Morgan fingerprint density at radius 1 is 1.24 bits per heavy atom. The van der Waals surface area contributed by atoms with Crippen LogP contribution in [0.25, 0.3) is 10.6 Å². The van der Waals surface area contributed by atoms with E-state index in [2.05, 4.69) is 44.5 Å². The van der Waals surface area contributed by atoms with E-state index >= 15 is 0 Å². The summed E-state index contributed by atoms with van der Waals surface area (Å²) in [5.74, 6) is 0.936. The third-order valence-corrected chi connectivity index (χ3v) is 4.24. The number of nitrogens with zero attached hydrogens (tertiary/aromatic N) is 1. The summed E-state index contributed by atoms with van der Waals surface area (Å²) in [5.41, 5.74) is 4.79. The predicted molar refractivity (Wildman–Crippen MR) is 75.6 cm³/mol. The fourth-order valence-electron chi connectivity index (χ4n) is 1.97. The van der Waals surface area contributed by atoms with Gasteiger partial charge in [-0.25, -0.2) is 4.98 Å². The molecule has 0 spiro atoms. The Hall–Kier alpha value is -1.00. The van der Waals surface area contributed by atoms with Gasteiger partial charge in [-0.2, -0.15) is 0 Å². The van der Waals surface area contributed by atoms with E-state index in [-0.39, 0.29) is 0 Å². The highest BCUT2D eigenvalue weighted by molar-refractivity contribution is 7.80. The van der Waals surface area contributed by atoms with Crippen LogP contribution < -0.4 is 4.74 Å². The minimum atomic E-state index is 0.775. The van der Waals surface area contributed by atoms with Crippen molar-refractivity contribution in [3.63, 3.8) is 0 Å². The van der Waals surface area contributed by atoms with Crippen molar-refractivity contribution < 1.29 is 4.74 Å². The van der Waals surface area contributed by atoms with Crippen molar-refractivity contribution in [3.8, 4) is 16.3 Å². The van der Waals surface area contributed by atoms with E-state index in [0.717, 1.165) is 15.8 Å². The van der Waals surface area contributed by atoms with Gasteiger partial charge in [-0.3, -0.25) is 0 Å². The van der Waals surface area contributed by atoms with E-state index in [9.17, 15) is 0 Å². The van der Waals surface area contributed by atoms with Crippen LogP contribution in [0.2, 0.25) is 0 Å². The number of aryl methyl sites for hydroxylation is 1. The highest BCUT2D eigenvalue weighted by Crippen LogP contribution is 2.36. The van der Waals surface area contributed by atoms with Crippen molar-refractivity contribution in [1.29, 1.82) is 0 Å². The van der Waals surface area contributed by atoms with Crippen LogP contribution in [0.1, 0.15) is 16.7 Å². The summed E-state index contributed by atoms with van der Waals surface area (Å²) in [6.45, 7) is 6.27. The van der Waals surface area contributed by atoms with E-state index < -0.39 is 0 Å². The molecule has 0 saturated heterocycles. The summed E-state index contributed by atoms with van der Waals surface area (Å²) in [4.78, 5) is 4.44. The summed E-state index contributed by atoms with van der Waals surface area (Å²) in [6.07, 6.45) is 0. The number of ether oxygens (including phenoxy) is 1. The van der Waals surface area contributed by atoms with Gasteiger partial charge < -0.3 is 4.74 Å². The first-order valence-electron chi connectivity index (χ1n) is 5.34. The fourth-order valence-corrected chi connectivity index (χ4v) is 3.14. The maximum Gasteiger partial charge on any atom is 0.125 e. The number of thiazole rings is 1. The Bertz CT molecular complexity index is 561. The summed E-state index contributed by atoms with van der Waals surface area (Å²) in [6, 6.07) is 2.07. The number of benzene rings is 1. The van der Waals surface area contributed by atoms with Gasteiger partial charge in [0.1, 0.15) is 15.8 Å². The second kappa shape index (κ2) is 4.70. The Morgan fingerprint density at radius 2 is 1.94 bits per heavy atom. The zero-order chi connectivity index (χ0) is 12.6. The molecule has 1 aromatic carbocycles. The van der Waals surface area contributed by atoms with Crippen LogP contribution in [0.4, 0.5) is 0 Å². The average molecular weight is 265 g/mol. The van der Waals surface area contributed by atoms with Crippen molar-refractivity contribution in [1.82, 2.24) is 4.98 Å². The second-order valence-electron chi connectivity index (χ2n) is 4.03. The maximum absolute atomic E-state index is 5.37. The summed E-state index contributed by atoms with van der Waals surface area (Å²) < 4.78 is 5.37. The molecule has 0 amide bonds. The van der Waals surface area contributed by atoms with Gasteiger partial charge in [-0.15, -0.1) is 24.0 Å². The van der Waals surface area contributed by atoms with Gasteiger partial charge in [0.05, 0.1) is 7.11 Å². The molecule has 0 aliphatic carbocycles. The molecule has 0 saturated carbocycles. The van der Waals surface area contributed by atoms with Crippen molar-refractivity contribution in [2.75, 3.05) is 7.11 Å². The van der Waals surface area contributed by atoms with Gasteiger partial charge in [-0.05, 0) is 43.5 Å². The van der Waals surface area contributed by atoms with Crippen LogP contribution in [0, 0.1) is 20.8 Å². The van der Waals surface area contributed by atoms with Crippen LogP contribution in [-0.4, -0.2) is 12.1 Å². The number of rotatable bonds is 2. The second-order valence-corrected chi connectivity index (χ2v) is 5.35. The largest absolute Gasteiger partial charge is 0.496 e. The summed E-state index contributed by atoms with van der Waals surface area (Å²) in [7, 11) is 1.70. The first kappa shape index (κ1) is 12.5. The van der Waals surface area contributed by atoms with Crippen LogP contribution in [0.3, 0.4) is 0 Å². The third-order valence-electron chi connectivity index (χ3n) is 2.97. The minimum Gasteiger partial charge on any atom is -0.496 e. The SMILES string of the molecule is COc1cc(C)c(-c2nc(S)cs2)c(C)c1C. The van der Waals surface area contributed by atoms with E-state index in [1.807, 2.05) is 5.38 Å². The molecule has 2 nitrogen and oxygen atoms in total. The summed E-state index contributed by atoms with van der Waals surface area (Å²) >= 11 is 5.89. The topological polar surface area (TPSA) is 22.1 Å². The molecular formula is C13H15NOS2. The first-order valence-corrected chi connectivity index (χ1v) is 6.67. The van der Waals surface area contributed by atoms with Crippen molar-refractivity contribution in [3.05, 3.63) is 28.1 Å². The maximum atomic E-state index is 5.37. The number of hydrogen-bond donors (Lipinski definition) is 1. The Balaban J connectivity index is 2.66. The molecule has 0 aliphatic heterocycles. The molecule has 17 heavy (non-hydrogen) atoms. The monoisotopic (exact) mass is 265 g/mol. The molecule has 4 heteroatoms. The minimum absolute atomic E-state index is 0.775. The molecule has 0 aliphatic rings. The molecule has 2 rings (SSSR count). The zero-order valence-corrected chi connectivity index (χ0v) is 12.1. The van der Waals surface area contributed by atoms with Gasteiger partial charge in [0.2, 0.25) is 0 Å². The molecule has 0 bridgehead atoms. The molecule has 0 unspecified atom stereocenters. The zero-order valence-electron chi connectivity index (χ0n) is 10.4. The number of methoxy groups -OCH3 is 1. The smallest absolute Gasteiger partial charge is 0.125 e. The van der Waals surface area contributed by atoms with Gasteiger partial charge in [-0.1, -0.05) is 0 Å². The first-order chi connectivity index (χ1) is 8.04. The normalized spacial score (nSPS) is 10.6. The van der Waals surface area contributed by atoms with Crippen molar-refractivity contribution in [2.24, 2.45) is 0 Å². The third kappa shape index (κ3) is 2.19. The quantitative estimate of drug-likeness (QED) is 0.828. The van der Waals surface area contributed by atoms with E-state index in [1.54, 1.807) is 18.4 Å². The van der Waals surface area contributed by atoms with Crippen molar-refractivity contribution in [2.45, 2.75) is 25.8 Å². The Kier molecular flexibility index (Phi) is 3.45. The predicted octanol–water partition coefficient (Wildman–Crippen LogP) is 4.03. The highest BCUT2D eigenvalue weighted by Gasteiger charge is 2.14. The van der Waals surface area contributed by atoms with Gasteiger partial charge >= 0.3 is 0 Å². The van der Waals surface area contributed by atoms with Crippen LogP contribution in [-0.2, 0) is 0 Å². The highest BCUT2D eigenvalue weighted by atomic mass is 32.1. The van der Waals surface area contributed by atoms with E-state index in [1.165, 1.54) is 22.3 Å².